The van der Waals surface area contributed by atoms with Crippen LogP contribution >= 0.6 is 46.1 Å². The van der Waals surface area contributed by atoms with Crippen LogP contribution in [0.4, 0.5) is 0 Å². The zero-order valence-electron chi connectivity index (χ0n) is 10.9. The smallest absolute Gasteiger partial charge is 0.138 e. The van der Waals surface area contributed by atoms with Crippen molar-refractivity contribution in [1.29, 1.82) is 0 Å². The fourth-order valence-electron chi connectivity index (χ4n) is 2.52. The quantitative estimate of drug-likeness (QED) is 0.630. The van der Waals surface area contributed by atoms with Gasteiger partial charge in [-0.25, -0.2) is 0 Å². The Labute approximate surface area is 137 Å². The van der Waals surface area contributed by atoms with Gasteiger partial charge in [0.15, 0.2) is 0 Å². The summed E-state index contributed by atoms with van der Waals surface area (Å²) in [6, 6.07) is 5.72. The predicted molar refractivity (Wildman–Crippen MR) is 87.1 cm³/mol. The van der Waals surface area contributed by atoms with Crippen LogP contribution in [0.5, 0.6) is 5.75 Å². The number of hydrogen-bond donors (Lipinski definition) is 0. The summed E-state index contributed by atoms with van der Waals surface area (Å²) in [6.07, 6.45) is 3.58. The average Bonchev–Trinajstić information content (AvgIpc) is 3.01. The molecule has 1 heterocycles. The highest BCUT2D eigenvalue weighted by molar-refractivity contribution is 7.12. The van der Waals surface area contributed by atoms with E-state index in [9.17, 15) is 0 Å². The molecular formula is C15H13Cl3OS. The zero-order chi connectivity index (χ0) is 14.3. The maximum atomic E-state index is 6.60. The molecule has 0 aliphatic heterocycles. The van der Waals surface area contributed by atoms with Crippen LogP contribution < -0.4 is 4.74 Å². The van der Waals surface area contributed by atoms with Crippen molar-refractivity contribution < 1.29 is 4.74 Å². The van der Waals surface area contributed by atoms with Gasteiger partial charge in [0, 0.05) is 20.8 Å². The van der Waals surface area contributed by atoms with Gasteiger partial charge in [-0.15, -0.1) is 22.9 Å². The maximum absolute atomic E-state index is 6.60. The Balaban J connectivity index is 1.97. The highest BCUT2D eigenvalue weighted by Gasteiger charge is 2.22. The van der Waals surface area contributed by atoms with Crippen molar-refractivity contribution in [1.82, 2.24) is 0 Å². The Morgan fingerprint density at radius 3 is 2.65 bits per heavy atom. The van der Waals surface area contributed by atoms with Crippen molar-refractivity contribution in [2.45, 2.75) is 24.6 Å². The molecule has 1 atom stereocenters. The van der Waals surface area contributed by atoms with Crippen molar-refractivity contribution in [2.24, 2.45) is 0 Å². The summed E-state index contributed by atoms with van der Waals surface area (Å²) in [6.45, 7) is 0. The van der Waals surface area contributed by atoms with Crippen LogP contribution in [0.2, 0.25) is 10.0 Å². The molecule has 1 aliphatic carbocycles. The summed E-state index contributed by atoms with van der Waals surface area (Å²) < 4.78 is 5.16. The Bertz CT molecular complexity index is 629. The minimum absolute atomic E-state index is 0.262. The van der Waals surface area contributed by atoms with Gasteiger partial charge in [0.05, 0.1) is 17.5 Å². The second-order valence-corrected chi connectivity index (χ2v) is 7.24. The second kappa shape index (κ2) is 5.76. The summed E-state index contributed by atoms with van der Waals surface area (Å²) in [5, 5.41) is 0.850. The third-order valence-electron chi connectivity index (χ3n) is 3.56. The van der Waals surface area contributed by atoms with E-state index in [4.69, 9.17) is 39.5 Å². The summed E-state index contributed by atoms with van der Waals surface area (Å²) >= 11 is 20.9. The molecule has 1 aromatic heterocycles. The van der Waals surface area contributed by atoms with E-state index in [1.54, 1.807) is 30.6 Å². The molecule has 2 aromatic rings. The Morgan fingerprint density at radius 2 is 1.95 bits per heavy atom. The van der Waals surface area contributed by atoms with E-state index in [0.29, 0.717) is 15.8 Å². The largest absolute Gasteiger partial charge is 0.495 e. The number of aryl methyl sites for hydroxylation is 2. The van der Waals surface area contributed by atoms with Crippen molar-refractivity contribution in [3.8, 4) is 5.75 Å². The Hall–Kier alpha value is -0.410. The Morgan fingerprint density at radius 1 is 1.15 bits per heavy atom. The summed E-state index contributed by atoms with van der Waals surface area (Å²) in [4.78, 5) is 2.60. The van der Waals surface area contributed by atoms with E-state index in [1.807, 2.05) is 0 Å². The minimum Gasteiger partial charge on any atom is -0.495 e. The monoisotopic (exact) mass is 346 g/mol. The van der Waals surface area contributed by atoms with Crippen LogP contribution in [-0.2, 0) is 12.8 Å². The maximum Gasteiger partial charge on any atom is 0.138 e. The molecule has 5 heteroatoms. The van der Waals surface area contributed by atoms with Gasteiger partial charge >= 0.3 is 0 Å². The molecule has 0 N–H and O–H groups in total. The summed E-state index contributed by atoms with van der Waals surface area (Å²) in [5.41, 5.74) is 2.27. The van der Waals surface area contributed by atoms with E-state index in [1.165, 1.54) is 23.3 Å². The van der Waals surface area contributed by atoms with Crippen LogP contribution in [0.3, 0.4) is 0 Å². The van der Waals surface area contributed by atoms with E-state index in [-0.39, 0.29) is 5.38 Å². The standard InChI is InChI=1S/C15H13Cl3OS/c1-19-12-7-10(16)9(6-11(12)17)15(18)14-5-8-3-2-4-13(8)20-14/h5-7,15H,2-4H2,1H3. The SMILES string of the molecule is COc1cc(Cl)c(C(Cl)c2cc3c(s2)CCC3)cc1Cl. The Kier molecular flexibility index (Phi) is 4.19. The number of thiophene rings is 1. The van der Waals surface area contributed by atoms with E-state index < -0.39 is 0 Å². The molecule has 0 saturated heterocycles. The molecular weight excluding hydrogens is 335 g/mol. The third-order valence-corrected chi connectivity index (χ3v) is 6.08. The lowest BCUT2D eigenvalue weighted by Gasteiger charge is -2.13. The number of fused-ring (bicyclic) bond motifs is 1. The van der Waals surface area contributed by atoms with Gasteiger partial charge in [-0.3, -0.25) is 0 Å². The first-order valence-electron chi connectivity index (χ1n) is 6.38. The van der Waals surface area contributed by atoms with Gasteiger partial charge in [0.2, 0.25) is 0 Å². The normalized spacial score (nSPS) is 15.2. The molecule has 0 bridgehead atoms. The van der Waals surface area contributed by atoms with Gasteiger partial charge in [0.25, 0.3) is 0 Å². The molecule has 1 aliphatic rings. The van der Waals surface area contributed by atoms with Crippen LogP contribution in [0.15, 0.2) is 18.2 Å². The van der Waals surface area contributed by atoms with Gasteiger partial charge < -0.3 is 4.74 Å². The van der Waals surface area contributed by atoms with E-state index in [2.05, 4.69) is 6.07 Å². The fourth-order valence-corrected chi connectivity index (χ4v) is 4.72. The molecule has 0 radical (unpaired) electrons. The van der Waals surface area contributed by atoms with Gasteiger partial charge in [-0.1, -0.05) is 23.2 Å². The van der Waals surface area contributed by atoms with E-state index >= 15 is 0 Å². The average molecular weight is 348 g/mol. The molecule has 106 valence electrons. The lowest BCUT2D eigenvalue weighted by atomic mass is 10.1. The summed E-state index contributed by atoms with van der Waals surface area (Å²) in [7, 11) is 1.57. The van der Waals surface area contributed by atoms with Crippen LogP contribution in [-0.4, -0.2) is 7.11 Å². The predicted octanol–water partition coefficient (Wildman–Crippen LogP) is 5.88. The van der Waals surface area contributed by atoms with Crippen molar-refractivity contribution in [3.63, 3.8) is 0 Å². The molecule has 1 unspecified atom stereocenters. The van der Waals surface area contributed by atoms with Gasteiger partial charge in [-0.2, -0.15) is 0 Å². The summed E-state index contributed by atoms with van der Waals surface area (Å²) in [5.74, 6) is 0.568. The van der Waals surface area contributed by atoms with Crippen LogP contribution in [0, 0.1) is 0 Å². The van der Waals surface area contributed by atoms with E-state index in [0.717, 1.165) is 16.9 Å². The van der Waals surface area contributed by atoms with Crippen molar-refractivity contribution in [2.75, 3.05) is 7.11 Å². The number of alkyl halides is 1. The molecule has 0 fully saturated rings. The highest BCUT2D eigenvalue weighted by atomic mass is 35.5. The number of hydrogen-bond acceptors (Lipinski definition) is 2. The number of rotatable bonds is 3. The topological polar surface area (TPSA) is 9.23 Å². The van der Waals surface area contributed by atoms with Crippen LogP contribution in [0.1, 0.15) is 32.7 Å². The number of ether oxygens (including phenoxy) is 1. The molecule has 3 rings (SSSR count). The van der Waals surface area contributed by atoms with Crippen LogP contribution in [0.25, 0.3) is 0 Å². The highest BCUT2D eigenvalue weighted by Crippen LogP contribution is 2.43. The lowest BCUT2D eigenvalue weighted by molar-refractivity contribution is 0.415. The zero-order valence-corrected chi connectivity index (χ0v) is 14.0. The molecule has 1 nitrogen and oxygen atoms in total. The minimum atomic E-state index is -0.262. The lowest BCUT2D eigenvalue weighted by Crippen LogP contribution is -1.94. The van der Waals surface area contributed by atoms with Gasteiger partial charge in [0.1, 0.15) is 5.75 Å². The first-order chi connectivity index (χ1) is 9.60. The first kappa shape index (κ1) is 14.5. The molecule has 0 amide bonds. The third kappa shape index (κ3) is 2.55. The number of halogens is 3. The first-order valence-corrected chi connectivity index (χ1v) is 8.39. The number of benzene rings is 1. The molecule has 0 saturated carbocycles. The fraction of sp³-hybridized carbons (Fsp3) is 0.333. The van der Waals surface area contributed by atoms with Crippen molar-refractivity contribution >= 4 is 46.1 Å². The molecule has 20 heavy (non-hydrogen) atoms. The molecule has 0 spiro atoms. The number of methoxy groups -OCH3 is 1. The second-order valence-electron chi connectivity index (χ2n) is 4.82. The molecule has 1 aromatic carbocycles. The van der Waals surface area contributed by atoms with Gasteiger partial charge in [-0.05, 0) is 42.5 Å². The van der Waals surface area contributed by atoms with Crippen molar-refractivity contribution in [3.05, 3.63) is 49.1 Å².